The van der Waals surface area contributed by atoms with Crippen molar-refractivity contribution >= 4 is 23.9 Å². The van der Waals surface area contributed by atoms with Crippen LogP contribution in [0.3, 0.4) is 0 Å². The van der Waals surface area contributed by atoms with E-state index >= 15 is 0 Å². The molecule has 0 spiro atoms. The van der Waals surface area contributed by atoms with Crippen LogP contribution in [0.2, 0.25) is 0 Å². The average molecular weight is 378 g/mol. The number of nitrogens with one attached hydrogen (secondary N) is 1. The summed E-state index contributed by atoms with van der Waals surface area (Å²) in [5.41, 5.74) is 20.2. The smallest absolute Gasteiger partial charge is 0.320 e. The van der Waals surface area contributed by atoms with Crippen LogP contribution in [0, 0.1) is 0 Å². The molecule has 1 aliphatic rings. The number of carbonyl (C=O) groups is 3. The van der Waals surface area contributed by atoms with Crippen LogP contribution in [0.1, 0.15) is 32.6 Å². The minimum absolute atomic E-state index is 0.0129. The number of nitrogens with zero attached hydrogens (tertiary/aromatic N) is 1. The van der Waals surface area contributed by atoms with Gasteiger partial charge in [0, 0.05) is 6.54 Å². The van der Waals surface area contributed by atoms with Gasteiger partial charge in [0.2, 0.25) is 0 Å². The maximum absolute atomic E-state index is 10.2. The van der Waals surface area contributed by atoms with E-state index in [1.165, 1.54) is 6.92 Å². The summed E-state index contributed by atoms with van der Waals surface area (Å²) in [4.78, 5) is 33.6. The van der Waals surface area contributed by atoms with Crippen molar-refractivity contribution in [3.8, 4) is 0 Å². The van der Waals surface area contributed by atoms with Crippen LogP contribution in [0.4, 0.5) is 0 Å². The van der Waals surface area contributed by atoms with Gasteiger partial charge in [-0.25, -0.2) is 0 Å². The summed E-state index contributed by atoms with van der Waals surface area (Å²) in [5.74, 6) is -2.67. The third kappa shape index (κ3) is 16.4. The van der Waals surface area contributed by atoms with E-state index in [9.17, 15) is 14.4 Å². The van der Waals surface area contributed by atoms with E-state index in [4.69, 9.17) is 38.3 Å². The highest BCUT2D eigenvalue weighted by atomic mass is 16.4. The molecule has 0 bridgehead atoms. The predicted octanol–water partition coefficient (Wildman–Crippen LogP) is -2.31. The number of rotatable bonds is 7. The summed E-state index contributed by atoms with van der Waals surface area (Å²) < 4.78 is 0. The molecule has 12 N–H and O–H groups in total. The summed E-state index contributed by atoms with van der Waals surface area (Å²) >= 11 is 0. The number of nitrogens with two attached hydrogens (primary N) is 4. The van der Waals surface area contributed by atoms with Crippen molar-refractivity contribution in [3.05, 3.63) is 0 Å². The summed E-state index contributed by atoms with van der Waals surface area (Å²) in [6, 6.07) is -1.82. The molecule has 0 aromatic carbocycles. The third-order valence-corrected chi connectivity index (χ3v) is 3.03. The maximum atomic E-state index is 10.2. The van der Waals surface area contributed by atoms with Crippen LogP contribution in [0.5, 0.6) is 0 Å². The zero-order valence-electron chi connectivity index (χ0n) is 14.8. The fourth-order valence-electron chi connectivity index (χ4n) is 1.54. The van der Waals surface area contributed by atoms with Crippen LogP contribution in [0.15, 0.2) is 4.99 Å². The molecular formula is C14H30N6O6. The van der Waals surface area contributed by atoms with Gasteiger partial charge in [0.05, 0.1) is 0 Å². The molecule has 1 rings (SSSR count). The molecule has 1 saturated heterocycles. The molecule has 0 saturated carbocycles. The Morgan fingerprint density at radius 3 is 1.96 bits per heavy atom. The van der Waals surface area contributed by atoms with Crippen molar-refractivity contribution in [3.63, 3.8) is 0 Å². The first kappa shape index (κ1) is 25.8. The van der Waals surface area contributed by atoms with Crippen molar-refractivity contribution in [2.24, 2.45) is 27.9 Å². The van der Waals surface area contributed by atoms with E-state index in [0.29, 0.717) is 19.4 Å². The summed E-state index contributed by atoms with van der Waals surface area (Å²) in [5, 5.41) is 27.5. The second-order valence-corrected chi connectivity index (χ2v) is 5.51. The van der Waals surface area contributed by atoms with E-state index in [2.05, 4.69) is 10.3 Å². The van der Waals surface area contributed by atoms with E-state index in [1.807, 2.05) is 0 Å². The Balaban J connectivity index is 0. The van der Waals surface area contributed by atoms with Gasteiger partial charge in [0.15, 0.2) is 5.96 Å². The van der Waals surface area contributed by atoms with Gasteiger partial charge in [-0.2, -0.15) is 0 Å². The van der Waals surface area contributed by atoms with E-state index in [-0.39, 0.29) is 12.0 Å². The lowest BCUT2D eigenvalue weighted by Gasteiger charge is -2.03. The number of hydrogen-bond donors (Lipinski definition) is 8. The largest absolute Gasteiger partial charge is 0.480 e. The molecule has 152 valence electrons. The second kappa shape index (κ2) is 14.9. The van der Waals surface area contributed by atoms with Crippen LogP contribution >= 0.6 is 0 Å². The fourth-order valence-corrected chi connectivity index (χ4v) is 1.54. The van der Waals surface area contributed by atoms with Gasteiger partial charge in [0.25, 0.3) is 0 Å². The van der Waals surface area contributed by atoms with Crippen molar-refractivity contribution in [2.75, 3.05) is 13.1 Å². The Morgan fingerprint density at radius 2 is 1.69 bits per heavy atom. The van der Waals surface area contributed by atoms with Crippen molar-refractivity contribution in [2.45, 2.75) is 50.7 Å². The van der Waals surface area contributed by atoms with E-state index < -0.39 is 30.0 Å². The molecule has 12 nitrogen and oxygen atoms in total. The molecule has 0 aliphatic carbocycles. The number of guanidine groups is 1. The molecule has 1 aliphatic heterocycles. The van der Waals surface area contributed by atoms with Crippen molar-refractivity contribution < 1.29 is 29.7 Å². The van der Waals surface area contributed by atoms with E-state index in [1.54, 1.807) is 0 Å². The Bertz CT molecular complexity index is 461. The first-order chi connectivity index (χ1) is 12.0. The number of aliphatic imine (C=N–C) groups is 1. The van der Waals surface area contributed by atoms with Crippen LogP contribution < -0.4 is 28.3 Å². The highest BCUT2D eigenvalue weighted by Crippen LogP contribution is 2.03. The van der Waals surface area contributed by atoms with Gasteiger partial charge in [-0.15, -0.1) is 0 Å². The number of carboxylic acids is 3. The Labute approximate surface area is 151 Å². The highest BCUT2D eigenvalue weighted by Gasteiger charge is 2.20. The number of hydrogen-bond acceptors (Lipinski definition) is 7. The number of carboxylic acid groups (broad SMARTS) is 3. The zero-order chi connectivity index (χ0) is 20.7. The van der Waals surface area contributed by atoms with Gasteiger partial charge in [0.1, 0.15) is 18.1 Å². The minimum atomic E-state index is -1.00. The quantitative estimate of drug-likeness (QED) is 0.133. The molecule has 1 fully saturated rings. The van der Waals surface area contributed by atoms with Gasteiger partial charge in [-0.05, 0) is 39.2 Å². The molecule has 0 aromatic heterocycles. The standard InChI is InChI=1S/C6H14N4O2.C5H9NO2.C3H7NO2/c7-4(5(11)12)2-1-3-10-6(8)9;7-5(8)4-2-1-3-6-4;1-2(4)3(5)6/h4H,1-3,7H2,(H,11,12)(H4,8,9,10);4,6H,1-3H2,(H,7,8);2H,4H2,1H3,(H,5,6)/t2*4-;2-/m000/s1. The Kier molecular flexibility index (Phi) is 14.7. The average Bonchev–Trinajstić information content (AvgIpc) is 3.06. The van der Waals surface area contributed by atoms with Crippen LogP contribution in [0.25, 0.3) is 0 Å². The minimum Gasteiger partial charge on any atom is -0.480 e. The zero-order valence-corrected chi connectivity index (χ0v) is 14.8. The Morgan fingerprint density at radius 1 is 1.15 bits per heavy atom. The number of aliphatic carboxylic acids is 3. The van der Waals surface area contributed by atoms with Crippen LogP contribution in [-0.2, 0) is 14.4 Å². The third-order valence-electron chi connectivity index (χ3n) is 3.03. The monoisotopic (exact) mass is 378 g/mol. The van der Waals surface area contributed by atoms with E-state index in [0.717, 1.165) is 19.4 Å². The van der Waals surface area contributed by atoms with Gasteiger partial charge >= 0.3 is 17.9 Å². The van der Waals surface area contributed by atoms with Gasteiger partial charge in [-0.1, -0.05) is 0 Å². The molecule has 0 amide bonds. The molecule has 26 heavy (non-hydrogen) atoms. The second-order valence-electron chi connectivity index (χ2n) is 5.51. The van der Waals surface area contributed by atoms with Crippen molar-refractivity contribution in [1.29, 1.82) is 0 Å². The SMILES string of the molecule is C[C@H](N)C(=O)O.NC(N)=NCCC[C@H](N)C(=O)O.O=C(O)[C@@H]1CCCN1. The molecule has 0 radical (unpaired) electrons. The normalized spacial score (nSPS) is 17.4. The molecule has 1 heterocycles. The van der Waals surface area contributed by atoms with Crippen LogP contribution in [-0.4, -0.2) is 70.4 Å². The maximum Gasteiger partial charge on any atom is 0.320 e. The summed E-state index contributed by atoms with van der Waals surface area (Å²) in [6.45, 7) is 2.70. The predicted molar refractivity (Wildman–Crippen MR) is 95.5 cm³/mol. The molecular weight excluding hydrogens is 348 g/mol. The highest BCUT2D eigenvalue weighted by molar-refractivity contribution is 5.75. The topological polar surface area (TPSA) is 240 Å². The Hall–Kier alpha value is -2.44. The first-order valence-electron chi connectivity index (χ1n) is 7.97. The van der Waals surface area contributed by atoms with Gasteiger partial charge in [-0.3, -0.25) is 19.4 Å². The lowest BCUT2D eigenvalue weighted by Crippen LogP contribution is -2.30. The lowest BCUT2D eigenvalue weighted by molar-refractivity contribution is -0.139. The molecule has 12 heteroatoms. The first-order valence-corrected chi connectivity index (χ1v) is 7.97. The molecule has 0 unspecified atom stereocenters. The summed E-state index contributed by atoms with van der Waals surface area (Å²) in [7, 11) is 0. The van der Waals surface area contributed by atoms with Crippen molar-refractivity contribution in [1.82, 2.24) is 5.32 Å². The molecule has 0 aromatic rings. The fraction of sp³-hybridized carbons (Fsp3) is 0.714. The molecule has 3 atom stereocenters. The van der Waals surface area contributed by atoms with Gasteiger partial charge < -0.3 is 43.6 Å². The lowest BCUT2D eigenvalue weighted by atomic mass is 10.2. The summed E-state index contributed by atoms with van der Waals surface area (Å²) in [6.07, 6.45) is 2.74.